The largest absolute Gasteiger partial charge is 0.480 e. The van der Waals surface area contributed by atoms with Gasteiger partial charge in [-0.2, -0.15) is 0 Å². The van der Waals surface area contributed by atoms with Gasteiger partial charge in [-0.3, -0.25) is 19.2 Å². The van der Waals surface area contributed by atoms with Gasteiger partial charge in [-0.25, -0.2) is 4.98 Å². The third-order valence-corrected chi connectivity index (χ3v) is 1.88. The zero-order valence-corrected chi connectivity index (χ0v) is 9.47. The van der Waals surface area contributed by atoms with Crippen molar-refractivity contribution in [2.75, 3.05) is 13.1 Å². The SMILES string of the molecule is O=C(O)CNC(=O)c1nc[nH]c1C(=O)NCC(=O)O. The molecule has 19 heavy (non-hydrogen) atoms. The number of rotatable bonds is 6. The monoisotopic (exact) mass is 270 g/mol. The number of hydrogen-bond acceptors (Lipinski definition) is 5. The van der Waals surface area contributed by atoms with E-state index < -0.39 is 36.8 Å². The number of carbonyl (C=O) groups is 4. The molecule has 0 saturated heterocycles. The van der Waals surface area contributed by atoms with Crippen LogP contribution < -0.4 is 10.6 Å². The predicted octanol–water partition coefficient (Wildman–Crippen LogP) is -1.96. The van der Waals surface area contributed by atoms with Gasteiger partial charge < -0.3 is 25.8 Å². The second kappa shape index (κ2) is 6.14. The van der Waals surface area contributed by atoms with E-state index in [4.69, 9.17) is 10.2 Å². The van der Waals surface area contributed by atoms with Crippen LogP contribution in [0.4, 0.5) is 0 Å². The lowest BCUT2D eigenvalue weighted by Crippen LogP contribution is -2.34. The van der Waals surface area contributed by atoms with Gasteiger partial charge in [0.15, 0.2) is 5.69 Å². The number of aromatic nitrogens is 2. The Morgan fingerprint density at radius 3 is 2.11 bits per heavy atom. The molecule has 0 aliphatic carbocycles. The fourth-order valence-corrected chi connectivity index (χ4v) is 1.12. The van der Waals surface area contributed by atoms with Gasteiger partial charge in [0.25, 0.3) is 11.8 Å². The maximum absolute atomic E-state index is 11.5. The van der Waals surface area contributed by atoms with Crippen LogP contribution in [0.1, 0.15) is 21.0 Å². The van der Waals surface area contributed by atoms with Crippen molar-refractivity contribution in [3.8, 4) is 0 Å². The number of aromatic amines is 1. The molecule has 0 radical (unpaired) electrons. The van der Waals surface area contributed by atoms with Gasteiger partial charge in [0, 0.05) is 0 Å². The highest BCUT2D eigenvalue weighted by atomic mass is 16.4. The van der Waals surface area contributed by atoms with Crippen molar-refractivity contribution in [3.63, 3.8) is 0 Å². The first-order chi connectivity index (χ1) is 8.91. The number of imidazole rings is 1. The lowest BCUT2D eigenvalue weighted by molar-refractivity contribution is -0.136. The number of nitrogens with zero attached hydrogens (tertiary/aromatic N) is 1. The molecule has 1 heterocycles. The van der Waals surface area contributed by atoms with Crippen LogP contribution in [0.5, 0.6) is 0 Å². The van der Waals surface area contributed by atoms with E-state index in [0.29, 0.717) is 0 Å². The van der Waals surface area contributed by atoms with Crippen molar-refractivity contribution in [1.29, 1.82) is 0 Å². The van der Waals surface area contributed by atoms with E-state index in [1.54, 1.807) is 0 Å². The second-order valence-electron chi connectivity index (χ2n) is 3.28. The molecule has 1 aromatic heterocycles. The van der Waals surface area contributed by atoms with Crippen LogP contribution in [0, 0.1) is 0 Å². The molecule has 10 nitrogen and oxygen atoms in total. The molecule has 0 unspecified atom stereocenters. The maximum atomic E-state index is 11.5. The molecular weight excluding hydrogens is 260 g/mol. The first kappa shape index (κ1) is 14.2. The van der Waals surface area contributed by atoms with Crippen LogP contribution >= 0.6 is 0 Å². The van der Waals surface area contributed by atoms with Crippen LogP contribution in [-0.2, 0) is 9.59 Å². The van der Waals surface area contributed by atoms with Crippen LogP contribution in [0.15, 0.2) is 6.33 Å². The quantitative estimate of drug-likeness (QED) is 0.400. The minimum Gasteiger partial charge on any atom is -0.480 e. The molecule has 0 spiro atoms. The van der Waals surface area contributed by atoms with Crippen LogP contribution in [0.25, 0.3) is 0 Å². The summed E-state index contributed by atoms with van der Waals surface area (Å²) in [4.78, 5) is 49.6. The Kier molecular flexibility index (Phi) is 4.57. The van der Waals surface area contributed by atoms with Gasteiger partial charge in [-0.15, -0.1) is 0 Å². The van der Waals surface area contributed by atoms with E-state index in [0.717, 1.165) is 6.33 Å². The zero-order chi connectivity index (χ0) is 14.4. The van der Waals surface area contributed by atoms with Gasteiger partial charge in [-0.05, 0) is 0 Å². The number of carboxylic acids is 2. The minimum absolute atomic E-state index is 0.246. The second-order valence-corrected chi connectivity index (χ2v) is 3.28. The third kappa shape index (κ3) is 4.11. The van der Waals surface area contributed by atoms with E-state index in [2.05, 4.69) is 9.97 Å². The fourth-order valence-electron chi connectivity index (χ4n) is 1.12. The first-order valence-corrected chi connectivity index (χ1v) is 4.95. The molecule has 0 bridgehead atoms. The van der Waals surface area contributed by atoms with E-state index in [9.17, 15) is 19.2 Å². The summed E-state index contributed by atoms with van der Waals surface area (Å²) in [6.45, 7) is -1.24. The molecule has 0 aromatic carbocycles. The number of aliphatic carboxylic acids is 2. The summed E-state index contributed by atoms with van der Waals surface area (Å²) in [5.74, 6) is -4.19. The van der Waals surface area contributed by atoms with Crippen molar-refractivity contribution < 1.29 is 29.4 Å². The van der Waals surface area contributed by atoms with Crippen molar-refractivity contribution in [1.82, 2.24) is 20.6 Å². The Balaban J connectivity index is 2.73. The molecule has 5 N–H and O–H groups in total. The van der Waals surface area contributed by atoms with Gasteiger partial charge in [0.1, 0.15) is 18.8 Å². The molecular formula is C9H10N4O6. The topological polar surface area (TPSA) is 161 Å². The summed E-state index contributed by atoms with van der Waals surface area (Å²) in [5.41, 5.74) is -0.562. The molecule has 0 aliphatic heterocycles. The summed E-state index contributed by atoms with van der Waals surface area (Å²) < 4.78 is 0. The number of hydrogen-bond donors (Lipinski definition) is 5. The Morgan fingerprint density at radius 2 is 1.58 bits per heavy atom. The Bertz CT molecular complexity index is 478. The number of carbonyl (C=O) groups excluding carboxylic acids is 2. The lowest BCUT2D eigenvalue weighted by Gasteiger charge is -2.03. The lowest BCUT2D eigenvalue weighted by atomic mass is 10.3. The van der Waals surface area contributed by atoms with E-state index >= 15 is 0 Å². The highest BCUT2D eigenvalue weighted by Gasteiger charge is 2.20. The smallest absolute Gasteiger partial charge is 0.322 e. The summed E-state index contributed by atoms with van der Waals surface area (Å²) in [5, 5.41) is 20.9. The van der Waals surface area contributed by atoms with Crippen molar-refractivity contribution in [2.24, 2.45) is 0 Å². The number of H-pyrrole nitrogens is 1. The van der Waals surface area contributed by atoms with E-state index in [-0.39, 0.29) is 11.4 Å². The molecule has 0 saturated carbocycles. The molecule has 1 aromatic rings. The van der Waals surface area contributed by atoms with Crippen molar-refractivity contribution in [2.45, 2.75) is 0 Å². The molecule has 2 amide bonds. The van der Waals surface area contributed by atoms with Crippen molar-refractivity contribution in [3.05, 3.63) is 17.7 Å². The third-order valence-electron chi connectivity index (χ3n) is 1.88. The summed E-state index contributed by atoms with van der Waals surface area (Å²) in [6.07, 6.45) is 1.06. The zero-order valence-electron chi connectivity index (χ0n) is 9.47. The normalized spacial score (nSPS) is 9.68. The average Bonchev–Trinajstić information content (AvgIpc) is 2.82. The van der Waals surface area contributed by atoms with Crippen LogP contribution in [0.3, 0.4) is 0 Å². The van der Waals surface area contributed by atoms with E-state index in [1.165, 1.54) is 0 Å². The minimum atomic E-state index is -1.25. The standard InChI is InChI=1S/C9H10N4O6/c14-4(15)1-10-8(18)6-7(13-3-12-6)9(19)11-2-5(16)17/h3H,1-2H2,(H,10,18)(H,11,19)(H,12,13)(H,14,15)(H,16,17). The van der Waals surface area contributed by atoms with Crippen LogP contribution in [0.2, 0.25) is 0 Å². The molecule has 10 heteroatoms. The molecule has 1 rings (SSSR count). The number of nitrogens with one attached hydrogen (secondary N) is 3. The first-order valence-electron chi connectivity index (χ1n) is 4.95. The Labute approximate surface area is 105 Å². The summed E-state index contributed by atoms with van der Waals surface area (Å²) in [7, 11) is 0. The highest BCUT2D eigenvalue weighted by molar-refractivity contribution is 6.05. The van der Waals surface area contributed by atoms with E-state index in [1.807, 2.05) is 10.6 Å². The van der Waals surface area contributed by atoms with Gasteiger partial charge in [0.2, 0.25) is 0 Å². The molecule has 102 valence electrons. The Hall–Kier alpha value is -2.91. The average molecular weight is 270 g/mol. The molecule has 0 atom stereocenters. The molecule has 0 fully saturated rings. The van der Waals surface area contributed by atoms with Gasteiger partial charge in [-0.1, -0.05) is 0 Å². The van der Waals surface area contributed by atoms with Crippen molar-refractivity contribution >= 4 is 23.8 Å². The van der Waals surface area contributed by atoms with Gasteiger partial charge >= 0.3 is 11.9 Å². The Morgan fingerprint density at radius 1 is 1.05 bits per heavy atom. The number of amides is 2. The number of carboxylic acid groups (broad SMARTS) is 2. The summed E-state index contributed by atoms with van der Waals surface area (Å²) >= 11 is 0. The fraction of sp³-hybridized carbons (Fsp3) is 0.222. The maximum Gasteiger partial charge on any atom is 0.322 e. The van der Waals surface area contributed by atoms with Crippen LogP contribution in [-0.4, -0.2) is 57.0 Å². The summed E-state index contributed by atoms with van der Waals surface area (Å²) in [6, 6.07) is 0. The predicted molar refractivity (Wildman–Crippen MR) is 58.5 cm³/mol. The molecule has 0 aliphatic rings. The highest BCUT2D eigenvalue weighted by Crippen LogP contribution is 2.02. The van der Waals surface area contributed by atoms with Gasteiger partial charge in [0.05, 0.1) is 6.33 Å².